The summed E-state index contributed by atoms with van der Waals surface area (Å²) in [6, 6.07) is 1.52. The van der Waals surface area contributed by atoms with Crippen LogP contribution < -0.4 is 0 Å². The Kier molecular flexibility index (Phi) is 6.18. The summed E-state index contributed by atoms with van der Waals surface area (Å²) >= 11 is 0. The SMILES string of the molecule is COCCN(CCC(=O)OC)S(=O)(=O)c1ccn(C)c1. The number of aryl methyl sites for hydroxylation is 1. The van der Waals surface area contributed by atoms with E-state index in [1.165, 1.54) is 30.8 Å². The molecule has 0 radical (unpaired) electrons. The van der Waals surface area contributed by atoms with Crippen LogP contribution in [0.5, 0.6) is 0 Å². The second-order valence-electron chi connectivity index (χ2n) is 4.24. The third kappa shape index (κ3) is 4.32. The van der Waals surface area contributed by atoms with Crippen molar-refractivity contribution in [3.05, 3.63) is 18.5 Å². The van der Waals surface area contributed by atoms with Crippen LogP contribution >= 0.6 is 0 Å². The predicted octanol–water partition coefficient (Wildman–Crippen LogP) is 0.225. The van der Waals surface area contributed by atoms with Gasteiger partial charge in [-0.3, -0.25) is 4.79 Å². The molecule has 0 saturated heterocycles. The summed E-state index contributed by atoms with van der Waals surface area (Å²) in [6.07, 6.45) is 3.18. The molecule has 0 unspecified atom stereocenters. The highest BCUT2D eigenvalue weighted by Crippen LogP contribution is 2.16. The monoisotopic (exact) mass is 304 g/mol. The lowest BCUT2D eigenvalue weighted by molar-refractivity contribution is -0.140. The van der Waals surface area contributed by atoms with Crippen molar-refractivity contribution in [2.45, 2.75) is 11.3 Å². The molecule has 0 spiro atoms. The van der Waals surface area contributed by atoms with Gasteiger partial charge in [0.25, 0.3) is 0 Å². The Morgan fingerprint density at radius 2 is 2.05 bits per heavy atom. The van der Waals surface area contributed by atoms with Crippen molar-refractivity contribution in [3.8, 4) is 0 Å². The lowest BCUT2D eigenvalue weighted by atomic mass is 10.4. The van der Waals surface area contributed by atoms with Gasteiger partial charge in [-0.1, -0.05) is 0 Å². The molecule has 0 aromatic carbocycles. The highest BCUT2D eigenvalue weighted by Gasteiger charge is 2.25. The number of esters is 1. The lowest BCUT2D eigenvalue weighted by Crippen LogP contribution is -2.35. The van der Waals surface area contributed by atoms with E-state index in [0.717, 1.165) is 0 Å². The van der Waals surface area contributed by atoms with Gasteiger partial charge in [-0.25, -0.2) is 8.42 Å². The number of sulfonamides is 1. The molecule has 1 aromatic heterocycles. The summed E-state index contributed by atoms with van der Waals surface area (Å²) in [7, 11) is 0.876. The molecular formula is C12H20N2O5S. The van der Waals surface area contributed by atoms with Crippen LogP contribution in [-0.4, -0.2) is 57.2 Å². The second kappa shape index (κ2) is 7.41. The summed E-state index contributed by atoms with van der Waals surface area (Å²) in [5.74, 6) is -0.448. The van der Waals surface area contributed by atoms with Crippen molar-refractivity contribution in [2.24, 2.45) is 7.05 Å². The number of aromatic nitrogens is 1. The fourth-order valence-corrected chi connectivity index (χ4v) is 3.12. The third-order valence-electron chi connectivity index (χ3n) is 2.78. The van der Waals surface area contributed by atoms with Crippen LogP contribution in [0.15, 0.2) is 23.4 Å². The Labute approximate surface area is 119 Å². The highest BCUT2D eigenvalue weighted by atomic mass is 32.2. The molecule has 1 heterocycles. The van der Waals surface area contributed by atoms with Crippen LogP contribution in [0.25, 0.3) is 0 Å². The quantitative estimate of drug-likeness (QED) is 0.642. The fraction of sp³-hybridized carbons (Fsp3) is 0.583. The van der Waals surface area contributed by atoms with Gasteiger partial charge in [0.1, 0.15) is 0 Å². The molecule has 7 nitrogen and oxygen atoms in total. The van der Waals surface area contributed by atoms with Gasteiger partial charge in [-0.15, -0.1) is 0 Å². The Morgan fingerprint density at radius 1 is 1.35 bits per heavy atom. The molecule has 0 amide bonds. The van der Waals surface area contributed by atoms with E-state index < -0.39 is 16.0 Å². The summed E-state index contributed by atoms with van der Waals surface area (Å²) in [4.78, 5) is 11.4. The van der Waals surface area contributed by atoms with E-state index in [-0.39, 0.29) is 31.0 Å². The smallest absolute Gasteiger partial charge is 0.306 e. The van der Waals surface area contributed by atoms with Crippen molar-refractivity contribution in [3.63, 3.8) is 0 Å². The van der Waals surface area contributed by atoms with E-state index in [0.29, 0.717) is 0 Å². The van der Waals surface area contributed by atoms with Crippen LogP contribution in [0.3, 0.4) is 0 Å². The van der Waals surface area contributed by atoms with Crippen LogP contribution in [0.4, 0.5) is 0 Å². The molecule has 0 saturated carbocycles. The number of rotatable bonds is 8. The fourth-order valence-electron chi connectivity index (χ4n) is 1.64. The summed E-state index contributed by atoms with van der Waals surface area (Å²) in [6.45, 7) is 0.505. The molecule has 0 N–H and O–H groups in total. The number of ether oxygens (including phenoxy) is 2. The van der Waals surface area contributed by atoms with Crippen molar-refractivity contribution < 1.29 is 22.7 Å². The first-order valence-corrected chi connectivity index (χ1v) is 7.53. The topological polar surface area (TPSA) is 77.8 Å². The van der Waals surface area contributed by atoms with E-state index in [4.69, 9.17) is 4.74 Å². The van der Waals surface area contributed by atoms with E-state index in [2.05, 4.69) is 4.74 Å². The maximum Gasteiger partial charge on any atom is 0.306 e. The third-order valence-corrected chi connectivity index (χ3v) is 4.66. The van der Waals surface area contributed by atoms with Crippen LogP contribution in [0.2, 0.25) is 0 Å². The van der Waals surface area contributed by atoms with E-state index in [9.17, 15) is 13.2 Å². The Hall–Kier alpha value is -1.38. The molecule has 1 rings (SSSR count). The molecule has 20 heavy (non-hydrogen) atoms. The first-order valence-electron chi connectivity index (χ1n) is 6.09. The van der Waals surface area contributed by atoms with Crippen LogP contribution in [-0.2, 0) is 31.3 Å². The van der Waals surface area contributed by atoms with Gasteiger partial charge < -0.3 is 14.0 Å². The molecule has 0 atom stereocenters. The molecule has 1 aromatic rings. The van der Waals surface area contributed by atoms with Gasteiger partial charge in [0, 0.05) is 39.6 Å². The highest BCUT2D eigenvalue weighted by molar-refractivity contribution is 7.89. The summed E-state index contributed by atoms with van der Waals surface area (Å²) in [5, 5.41) is 0. The van der Waals surface area contributed by atoms with Gasteiger partial charge in [0.15, 0.2) is 0 Å². The lowest BCUT2D eigenvalue weighted by Gasteiger charge is -2.20. The molecule has 114 valence electrons. The summed E-state index contributed by atoms with van der Waals surface area (Å²) < 4.78 is 37.2. The van der Waals surface area contributed by atoms with Gasteiger partial charge in [0.2, 0.25) is 10.0 Å². The number of hydrogen-bond donors (Lipinski definition) is 0. The van der Waals surface area contributed by atoms with Crippen molar-refractivity contribution in [1.82, 2.24) is 8.87 Å². The molecule has 0 aliphatic rings. The Balaban J connectivity index is 2.88. The number of nitrogens with zero attached hydrogens (tertiary/aromatic N) is 2. The number of methoxy groups -OCH3 is 2. The first kappa shape index (κ1) is 16.7. The molecule has 0 fully saturated rings. The van der Waals surface area contributed by atoms with Gasteiger partial charge >= 0.3 is 5.97 Å². The number of hydrogen-bond acceptors (Lipinski definition) is 5. The molecular weight excluding hydrogens is 284 g/mol. The molecule has 8 heteroatoms. The molecule has 0 bridgehead atoms. The minimum absolute atomic E-state index is 0.00623. The number of carbonyl (C=O) groups is 1. The second-order valence-corrected chi connectivity index (χ2v) is 6.17. The zero-order valence-corrected chi connectivity index (χ0v) is 12.7. The van der Waals surface area contributed by atoms with E-state index in [1.807, 2.05) is 0 Å². The van der Waals surface area contributed by atoms with Gasteiger partial charge in [-0.05, 0) is 6.07 Å². The Bertz CT molecular complexity index is 538. The van der Waals surface area contributed by atoms with Crippen molar-refractivity contribution in [1.29, 1.82) is 0 Å². The van der Waals surface area contributed by atoms with Gasteiger partial charge in [-0.2, -0.15) is 4.31 Å². The molecule has 0 aliphatic carbocycles. The van der Waals surface area contributed by atoms with Crippen molar-refractivity contribution >= 4 is 16.0 Å². The first-order chi connectivity index (χ1) is 9.41. The minimum Gasteiger partial charge on any atom is -0.469 e. The standard InChI is InChI=1S/C12H20N2O5S/c1-13-6-4-11(10-13)20(16,17)14(8-9-18-2)7-5-12(15)19-3/h4,6,10H,5,7-9H2,1-3H3. The van der Waals surface area contributed by atoms with E-state index in [1.54, 1.807) is 17.8 Å². The average Bonchev–Trinajstić information content (AvgIpc) is 2.85. The Morgan fingerprint density at radius 3 is 2.55 bits per heavy atom. The van der Waals surface area contributed by atoms with E-state index >= 15 is 0 Å². The minimum atomic E-state index is -3.63. The normalized spacial score (nSPS) is 11.8. The van der Waals surface area contributed by atoms with Crippen LogP contribution in [0.1, 0.15) is 6.42 Å². The van der Waals surface area contributed by atoms with Gasteiger partial charge in [0.05, 0.1) is 25.0 Å². The van der Waals surface area contributed by atoms with Crippen LogP contribution in [0, 0.1) is 0 Å². The maximum atomic E-state index is 12.5. The zero-order chi connectivity index (χ0) is 15.2. The number of carbonyl (C=O) groups excluding carboxylic acids is 1. The maximum absolute atomic E-state index is 12.5. The zero-order valence-electron chi connectivity index (χ0n) is 11.9. The average molecular weight is 304 g/mol. The predicted molar refractivity (Wildman–Crippen MR) is 72.7 cm³/mol. The largest absolute Gasteiger partial charge is 0.469 e. The molecule has 0 aliphatic heterocycles. The van der Waals surface area contributed by atoms with Crippen molar-refractivity contribution in [2.75, 3.05) is 33.9 Å². The summed E-state index contributed by atoms with van der Waals surface area (Å²) in [5.41, 5.74) is 0.